The number of hydrogen-bond donors (Lipinski definition) is 4. The molecule has 1 unspecified atom stereocenters. The number of nitrogens with one attached hydrogen (secondary N) is 1. The lowest BCUT2D eigenvalue weighted by Gasteiger charge is -2.67. The third-order valence-electron chi connectivity index (χ3n) is 13.0. The first kappa shape index (κ1) is 43.4. The van der Waals surface area contributed by atoms with Gasteiger partial charge in [0.25, 0.3) is 5.91 Å². The molecule has 3 fully saturated rings. The number of esters is 4. The molecule has 0 aromatic heterocycles. The number of ketones is 1. The van der Waals surface area contributed by atoms with Gasteiger partial charge in [0.1, 0.15) is 23.9 Å². The minimum atomic E-state index is -2.38. The molecule has 322 valence electrons. The number of rotatable bonds is 10. The highest BCUT2D eigenvalue weighted by atomic mass is 16.6. The van der Waals surface area contributed by atoms with Gasteiger partial charge in [-0.15, -0.1) is 0 Å². The second kappa shape index (κ2) is 16.3. The first-order chi connectivity index (χ1) is 28.8. The normalized spacial score (nSPS) is 32.0. The fourth-order valence-electron chi connectivity index (χ4n) is 9.72. The van der Waals surface area contributed by atoms with Crippen LogP contribution in [0, 0.1) is 16.7 Å². The molecular formula is C46H49NO14. The zero-order chi connectivity index (χ0) is 44.1. The van der Waals surface area contributed by atoms with E-state index >= 15 is 4.79 Å². The van der Waals surface area contributed by atoms with Crippen LogP contribution >= 0.6 is 0 Å². The Kier molecular flexibility index (Phi) is 11.6. The van der Waals surface area contributed by atoms with Crippen molar-refractivity contribution in [1.29, 1.82) is 0 Å². The first-order valence-electron chi connectivity index (χ1n) is 20.1. The van der Waals surface area contributed by atoms with Crippen LogP contribution in [-0.2, 0) is 42.9 Å². The van der Waals surface area contributed by atoms with Crippen molar-refractivity contribution in [3.05, 3.63) is 119 Å². The summed E-state index contributed by atoms with van der Waals surface area (Å²) in [6, 6.07) is 22.9. The van der Waals surface area contributed by atoms with E-state index < -0.39 is 113 Å². The van der Waals surface area contributed by atoms with E-state index in [0.717, 1.165) is 13.8 Å². The summed E-state index contributed by atoms with van der Waals surface area (Å²) in [5.74, 6) is -6.86. The van der Waals surface area contributed by atoms with Gasteiger partial charge >= 0.3 is 23.9 Å². The summed E-state index contributed by atoms with van der Waals surface area (Å²) in [5, 5.41) is 39.9. The van der Waals surface area contributed by atoms with Crippen molar-refractivity contribution >= 4 is 35.6 Å². The summed E-state index contributed by atoms with van der Waals surface area (Å²) >= 11 is 0. The van der Waals surface area contributed by atoms with Crippen LogP contribution in [0.5, 0.6) is 0 Å². The topological polar surface area (TPSA) is 221 Å². The lowest BCUT2D eigenvalue weighted by molar-refractivity contribution is -0.345. The zero-order valence-corrected chi connectivity index (χ0v) is 34.3. The second-order valence-electron chi connectivity index (χ2n) is 16.9. The van der Waals surface area contributed by atoms with Crippen molar-refractivity contribution in [2.24, 2.45) is 16.7 Å². The molecule has 1 saturated heterocycles. The van der Waals surface area contributed by atoms with Crippen LogP contribution in [0.2, 0.25) is 0 Å². The maximum atomic E-state index is 15.3. The monoisotopic (exact) mass is 839 g/mol. The van der Waals surface area contributed by atoms with Crippen LogP contribution in [0.3, 0.4) is 0 Å². The zero-order valence-electron chi connectivity index (χ0n) is 34.3. The number of carbonyl (C=O) groups excluding carboxylic acids is 6. The molecule has 15 nitrogen and oxygen atoms in total. The highest BCUT2D eigenvalue weighted by molar-refractivity contribution is 5.96. The van der Waals surface area contributed by atoms with E-state index in [1.807, 2.05) is 0 Å². The maximum absolute atomic E-state index is 15.3. The van der Waals surface area contributed by atoms with E-state index in [-0.39, 0.29) is 29.7 Å². The van der Waals surface area contributed by atoms with Gasteiger partial charge < -0.3 is 44.3 Å². The van der Waals surface area contributed by atoms with Gasteiger partial charge in [-0.1, -0.05) is 80.6 Å². The largest absolute Gasteiger partial charge is 0.456 e. The van der Waals surface area contributed by atoms with Crippen LogP contribution < -0.4 is 5.32 Å². The van der Waals surface area contributed by atoms with Crippen molar-refractivity contribution in [2.75, 3.05) is 6.61 Å². The number of fused-ring (bicyclic) bond motifs is 5. The lowest BCUT2D eigenvalue weighted by Crippen LogP contribution is -2.81. The fraction of sp³-hybridized carbons (Fsp3) is 0.435. The van der Waals surface area contributed by atoms with Gasteiger partial charge in [-0.3, -0.25) is 19.2 Å². The number of carbonyl (C=O) groups is 6. The minimum Gasteiger partial charge on any atom is -0.456 e. The number of aliphatic hydroxyl groups excluding tert-OH is 2. The molecule has 1 aliphatic heterocycles. The van der Waals surface area contributed by atoms with Gasteiger partial charge in [-0.05, 0) is 48.4 Å². The molecule has 4 N–H and O–H groups in total. The summed E-state index contributed by atoms with van der Waals surface area (Å²) in [6.45, 7) is 6.39. The fourth-order valence-corrected chi connectivity index (χ4v) is 9.72. The van der Waals surface area contributed by atoms with Crippen LogP contribution in [0.4, 0.5) is 0 Å². The molecule has 15 heteroatoms. The Hall–Kier alpha value is -5.74. The third-order valence-corrected chi connectivity index (χ3v) is 13.0. The Balaban J connectivity index is 1.36. The molecule has 3 aromatic carbocycles. The Bertz CT molecular complexity index is 2230. The standard InChI is InChI=1S/C46H49NO14/c1-25(48)58-36-31-21-30(59-42(55)35(51)34(27-15-9-6-10-16-27)47-40(53)28-17-11-7-12-18-28)23-46(56,43(31,3)4)39(60-41(54)29-19-13-8-14-20-29)37-44(5,38(36)52)32(50)22-33-45(37,24-57-33)61-26(2)49/h6-21,30,32-37,39,50-51,56H,22-24H2,1-5H3,(H,47,53)/t30?,32-,33+,34-,35+,36+,37-,39-,44+,45-,46+/m0/s1. The molecule has 11 atom stereocenters. The Morgan fingerprint density at radius 1 is 0.820 bits per heavy atom. The third kappa shape index (κ3) is 7.43. The van der Waals surface area contributed by atoms with Gasteiger partial charge in [0.05, 0.1) is 35.6 Å². The van der Waals surface area contributed by atoms with E-state index in [1.165, 1.54) is 25.1 Å². The molecule has 2 saturated carbocycles. The predicted molar refractivity (Wildman–Crippen MR) is 213 cm³/mol. The number of Topliss-reactive ketones (excluding diaryl/α,β-unsaturated/α-hetero) is 1. The molecule has 3 aromatic rings. The molecular weight excluding hydrogens is 790 g/mol. The molecule has 0 spiro atoms. The Labute approximate surface area is 352 Å². The lowest BCUT2D eigenvalue weighted by atomic mass is 9.45. The molecule has 1 heterocycles. The quantitative estimate of drug-likeness (QED) is 0.131. The van der Waals surface area contributed by atoms with Gasteiger partial charge in [0.2, 0.25) is 0 Å². The molecule has 7 rings (SSSR count). The van der Waals surface area contributed by atoms with Crippen molar-refractivity contribution in [1.82, 2.24) is 5.32 Å². The molecule has 0 radical (unpaired) electrons. The highest BCUT2D eigenvalue weighted by Crippen LogP contribution is 2.63. The first-order valence-corrected chi connectivity index (χ1v) is 20.1. The molecule has 3 aliphatic carbocycles. The SMILES string of the molecule is CC(=O)O[C@H]1C(=O)[C@@]2(C)[C@H]([C@H](OC(=O)c3ccccc3)[C@]3(O)CC(OC(=O)[C@H](O)[C@@H](NC(=O)c4ccccc4)c4ccccc4)C=C1C3(C)C)[C@]1(OC(C)=O)CO[C@@H]1C[C@@H]2O. The van der Waals surface area contributed by atoms with E-state index in [0.29, 0.717) is 5.56 Å². The van der Waals surface area contributed by atoms with Gasteiger partial charge in [-0.25, -0.2) is 9.59 Å². The summed E-state index contributed by atoms with van der Waals surface area (Å²) in [5.41, 5.74) is -7.21. The number of benzene rings is 3. The van der Waals surface area contributed by atoms with Crippen molar-refractivity contribution in [3.8, 4) is 0 Å². The molecule has 4 aliphatic rings. The number of hydrogen-bond acceptors (Lipinski definition) is 14. The Morgan fingerprint density at radius 3 is 1.97 bits per heavy atom. The average molecular weight is 840 g/mol. The van der Waals surface area contributed by atoms with Crippen molar-refractivity contribution < 1.29 is 67.8 Å². The number of ether oxygens (including phenoxy) is 5. The van der Waals surface area contributed by atoms with Gasteiger partial charge in [-0.2, -0.15) is 0 Å². The van der Waals surface area contributed by atoms with E-state index in [4.69, 9.17) is 23.7 Å². The van der Waals surface area contributed by atoms with Crippen LogP contribution in [0.25, 0.3) is 0 Å². The van der Waals surface area contributed by atoms with Crippen LogP contribution in [0.15, 0.2) is 103 Å². The summed E-state index contributed by atoms with van der Waals surface area (Å²) in [4.78, 5) is 82.9. The van der Waals surface area contributed by atoms with Crippen LogP contribution in [-0.4, -0.2) is 105 Å². The second-order valence-corrected chi connectivity index (χ2v) is 16.9. The van der Waals surface area contributed by atoms with E-state index in [9.17, 15) is 39.3 Å². The maximum Gasteiger partial charge on any atom is 0.338 e. The predicted octanol–water partition coefficient (Wildman–Crippen LogP) is 3.35. The smallest absolute Gasteiger partial charge is 0.338 e. The Morgan fingerprint density at radius 2 is 1.41 bits per heavy atom. The van der Waals surface area contributed by atoms with Crippen molar-refractivity contribution in [2.45, 2.75) is 101 Å². The van der Waals surface area contributed by atoms with Gasteiger partial charge in [0.15, 0.2) is 23.6 Å². The minimum absolute atomic E-state index is 0.0492. The van der Waals surface area contributed by atoms with E-state index in [2.05, 4.69) is 5.32 Å². The van der Waals surface area contributed by atoms with E-state index in [1.54, 1.807) is 92.7 Å². The summed E-state index contributed by atoms with van der Waals surface area (Å²) in [6.07, 6.45) is -9.16. The number of aliphatic hydroxyl groups is 3. The molecule has 61 heavy (non-hydrogen) atoms. The summed E-state index contributed by atoms with van der Waals surface area (Å²) < 4.78 is 30.0. The summed E-state index contributed by atoms with van der Waals surface area (Å²) in [7, 11) is 0. The van der Waals surface area contributed by atoms with Crippen LogP contribution in [0.1, 0.15) is 79.8 Å². The van der Waals surface area contributed by atoms with Gasteiger partial charge in [0, 0.05) is 37.7 Å². The molecule has 1 amide bonds. The number of amides is 1. The van der Waals surface area contributed by atoms with Crippen molar-refractivity contribution in [3.63, 3.8) is 0 Å². The highest BCUT2D eigenvalue weighted by Gasteiger charge is 2.78. The molecule has 2 bridgehead atoms. The average Bonchev–Trinajstić information content (AvgIpc) is 3.23.